The van der Waals surface area contributed by atoms with Gasteiger partial charge in [0, 0.05) is 26.2 Å². The Kier molecular flexibility index (Phi) is 5.60. The molecule has 0 aromatic carbocycles. The van der Waals surface area contributed by atoms with Crippen LogP contribution in [0, 0.1) is 0 Å². The summed E-state index contributed by atoms with van der Waals surface area (Å²) < 4.78 is 10.1. The number of methoxy groups -OCH3 is 1. The van der Waals surface area contributed by atoms with Crippen molar-refractivity contribution in [3.63, 3.8) is 0 Å². The number of likely N-dealkylation sites (N-methyl/N-ethyl adjacent to an activating group) is 1. The summed E-state index contributed by atoms with van der Waals surface area (Å²) in [7, 11) is 3.40. The van der Waals surface area contributed by atoms with Crippen molar-refractivity contribution in [1.29, 1.82) is 0 Å². The Morgan fingerprint density at radius 3 is 3.07 bits per heavy atom. The molecule has 0 aliphatic carbocycles. The highest BCUT2D eigenvalue weighted by atomic mass is 16.5. The van der Waals surface area contributed by atoms with Gasteiger partial charge < -0.3 is 19.7 Å². The number of esters is 1. The quantitative estimate of drug-likeness (QED) is 0.626. The fourth-order valence-corrected chi connectivity index (χ4v) is 1.56. The van der Waals surface area contributed by atoms with Crippen LogP contribution in [0.15, 0.2) is 0 Å². The van der Waals surface area contributed by atoms with Crippen molar-refractivity contribution in [2.45, 2.75) is 12.5 Å². The van der Waals surface area contributed by atoms with Crippen LogP contribution in [-0.2, 0) is 14.3 Å². The van der Waals surface area contributed by atoms with Crippen LogP contribution in [0.3, 0.4) is 0 Å². The van der Waals surface area contributed by atoms with Gasteiger partial charge in [-0.2, -0.15) is 0 Å². The smallest absolute Gasteiger partial charge is 0.306 e. The lowest BCUT2D eigenvalue weighted by atomic mass is 10.3. The molecular weight excluding hydrogens is 196 g/mol. The van der Waals surface area contributed by atoms with Gasteiger partial charge in [0.15, 0.2) is 0 Å². The number of hydrogen-bond donors (Lipinski definition) is 1. The maximum atomic E-state index is 10.9. The van der Waals surface area contributed by atoms with Gasteiger partial charge in [0.25, 0.3) is 0 Å². The Bertz CT molecular complexity index is 193. The standard InChI is InChI=1S/C10H20N2O3/c1-12(5-3-10(13)14-2)8-9-7-11-4-6-15-9/h9,11H,3-8H2,1-2H3. The Hall–Kier alpha value is -0.650. The van der Waals surface area contributed by atoms with E-state index in [4.69, 9.17) is 4.74 Å². The summed E-state index contributed by atoms with van der Waals surface area (Å²) in [5, 5.41) is 3.27. The number of carbonyl (C=O) groups excluding carboxylic acids is 1. The molecule has 0 aromatic heterocycles. The second-order valence-electron chi connectivity index (χ2n) is 3.79. The third-order valence-electron chi connectivity index (χ3n) is 2.45. The second kappa shape index (κ2) is 6.76. The van der Waals surface area contributed by atoms with Crippen LogP contribution in [0.2, 0.25) is 0 Å². The van der Waals surface area contributed by atoms with E-state index in [1.165, 1.54) is 7.11 Å². The number of nitrogens with one attached hydrogen (secondary N) is 1. The molecule has 0 spiro atoms. The lowest BCUT2D eigenvalue weighted by molar-refractivity contribution is -0.141. The van der Waals surface area contributed by atoms with Gasteiger partial charge >= 0.3 is 5.97 Å². The highest BCUT2D eigenvalue weighted by Gasteiger charge is 2.15. The van der Waals surface area contributed by atoms with E-state index >= 15 is 0 Å². The predicted molar refractivity (Wildman–Crippen MR) is 56.7 cm³/mol. The van der Waals surface area contributed by atoms with Gasteiger partial charge in [0.1, 0.15) is 0 Å². The molecule has 1 rings (SSSR count). The lowest BCUT2D eigenvalue weighted by Gasteiger charge is -2.27. The molecule has 0 saturated carbocycles. The number of hydrogen-bond acceptors (Lipinski definition) is 5. The average molecular weight is 216 g/mol. The van der Waals surface area contributed by atoms with Crippen molar-refractivity contribution in [1.82, 2.24) is 10.2 Å². The summed E-state index contributed by atoms with van der Waals surface area (Å²) in [4.78, 5) is 13.0. The molecule has 0 aromatic rings. The minimum Gasteiger partial charge on any atom is -0.469 e. The van der Waals surface area contributed by atoms with Crippen molar-refractivity contribution in [2.75, 3.05) is 46.9 Å². The first kappa shape index (κ1) is 12.4. The molecule has 1 aliphatic heterocycles. The van der Waals surface area contributed by atoms with Gasteiger partial charge in [0.2, 0.25) is 0 Å². The summed E-state index contributed by atoms with van der Waals surface area (Å²) in [5.74, 6) is -0.162. The molecule has 0 bridgehead atoms. The summed E-state index contributed by atoms with van der Waals surface area (Å²) in [6.07, 6.45) is 0.675. The lowest BCUT2D eigenvalue weighted by Crippen LogP contribution is -2.44. The molecule has 1 aliphatic rings. The molecule has 0 radical (unpaired) electrons. The minimum atomic E-state index is -0.162. The molecule has 15 heavy (non-hydrogen) atoms. The van der Waals surface area contributed by atoms with E-state index in [-0.39, 0.29) is 12.1 Å². The van der Waals surface area contributed by atoms with Crippen LogP contribution in [0.1, 0.15) is 6.42 Å². The van der Waals surface area contributed by atoms with E-state index in [1.54, 1.807) is 0 Å². The van der Waals surface area contributed by atoms with Gasteiger partial charge in [-0.15, -0.1) is 0 Å². The molecule has 5 heteroatoms. The van der Waals surface area contributed by atoms with Crippen LogP contribution >= 0.6 is 0 Å². The zero-order valence-corrected chi connectivity index (χ0v) is 9.49. The second-order valence-corrected chi connectivity index (χ2v) is 3.79. The molecule has 1 atom stereocenters. The molecule has 0 amide bonds. The molecule has 1 N–H and O–H groups in total. The Labute approximate surface area is 90.7 Å². The zero-order chi connectivity index (χ0) is 11.1. The van der Waals surface area contributed by atoms with Crippen molar-refractivity contribution >= 4 is 5.97 Å². The molecule has 5 nitrogen and oxygen atoms in total. The first-order valence-electron chi connectivity index (χ1n) is 5.30. The van der Waals surface area contributed by atoms with Gasteiger partial charge in [-0.25, -0.2) is 0 Å². The van der Waals surface area contributed by atoms with E-state index in [0.29, 0.717) is 13.0 Å². The molecular formula is C10H20N2O3. The molecule has 1 unspecified atom stereocenters. The van der Waals surface area contributed by atoms with Crippen LogP contribution in [0.5, 0.6) is 0 Å². The minimum absolute atomic E-state index is 0.162. The largest absolute Gasteiger partial charge is 0.469 e. The summed E-state index contributed by atoms with van der Waals surface area (Å²) in [6, 6.07) is 0. The number of rotatable bonds is 5. The third kappa shape index (κ3) is 5.11. The molecule has 88 valence electrons. The fraction of sp³-hybridized carbons (Fsp3) is 0.900. The highest BCUT2D eigenvalue weighted by Crippen LogP contribution is 1.99. The average Bonchev–Trinajstić information content (AvgIpc) is 2.27. The van der Waals surface area contributed by atoms with E-state index in [9.17, 15) is 4.79 Å². The third-order valence-corrected chi connectivity index (χ3v) is 2.45. The molecule has 1 saturated heterocycles. The Morgan fingerprint density at radius 1 is 1.67 bits per heavy atom. The van der Waals surface area contributed by atoms with Gasteiger partial charge in [-0.3, -0.25) is 4.79 Å². The van der Waals surface area contributed by atoms with Crippen molar-refractivity contribution in [3.05, 3.63) is 0 Å². The van der Waals surface area contributed by atoms with E-state index in [2.05, 4.69) is 15.0 Å². The van der Waals surface area contributed by atoms with Gasteiger partial charge in [0.05, 0.1) is 26.2 Å². The van der Waals surface area contributed by atoms with Crippen LogP contribution in [0.4, 0.5) is 0 Å². The number of ether oxygens (including phenoxy) is 2. The van der Waals surface area contributed by atoms with E-state index in [1.807, 2.05) is 7.05 Å². The Balaban J connectivity index is 2.11. The normalized spacial score (nSPS) is 21.7. The fourth-order valence-electron chi connectivity index (χ4n) is 1.56. The van der Waals surface area contributed by atoms with E-state index < -0.39 is 0 Å². The number of morpholine rings is 1. The molecule has 1 fully saturated rings. The molecule has 1 heterocycles. The maximum absolute atomic E-state index is 10.9. The van der Waals surface area contributed by atoms with Crippen molar-refractivity contribution in [2.24, 2.45) is 0 Å². The van der Waals surface area contributed by atoms with E-state index in [0.717, 1.165) is 26.2 Å². The number of carbonyl (C=O) groups is 1. The summed E-state index contributed by atoms with van der Waals surface area (Å²) in [6.45, 7) is 4.16. The van der Waals surface area contributed by atoms with Gasteiger partial charge in [-0.1, -0.05) is 0 Å². The highest BCUT2D eigenvalue weighted by molar-refractivity contribution is 5.69. The summed E-state index contributed by atoms with van der Waals surface area (Å²) in [5.41, 5.74) is 0. The summed E-state index contributed by atoms with van der Waals surface area (Å²) >= 11 is 0. The SMILES string of the molecule is COC(=O)CCN(C)CC1CNCCO1. The Morgan fingerprint density at radius 2 is 2.47 bits per heavy atom. The van der Waals surface area contributed by atoms with Crippen LogP contribution in [0.25, 0.3) is 0 Å². The predicted octanol–water partition coefficient (Wildman–Crippen LogP) is -0.530. The van der Waals surface area contributed by atoms with Crippen molar-refractivity contribution in [3.8, 4) is 0 Å². The zero-order valence-electron chi connectivity index (χ0n) is 9.49. The van der Waals surface area contributed by atoms with Crippen molar-refractivity contribution < 1.29 is 14.3 Å². The monoisotopic (exact) mass is 216 g/mol. The maximum Gasteiger partial charge on any atom is 0.306 e. The first-order valence-corrected chi connectivity index (χ1v) is 5.30. The number of nitrogens with zero attached hydrogens (tertiary/aromatic N) is 1. The topological polar surface area (TPSA) is 50.8 Å². The first-order chi connectivity index (χ1) is 7.22. The van der Waals surface area contributed by atoms with Crippen LogP contribution < -0.4 is 5.32 Å². The van der Waals surface area contributed by atoms with Gasteiger partial charge in [-0.05, 0) is 7.05 Å². The van der Waals surface area contributed by atoms with Crippen LogP contribution in [-0.4, -0.2) is 63.9 Å².